The Hall–Kier alpha value is -4.30. The van der Waals surface area contributed by atoms with E-state index in [2.05, 4.69) is 50.0 Å². The van der Waals surface area contributed by atoms with Crippen molar-refractivity contribution in [3.63, 3.8) is 0 Å². The minimum Gasteiger partial charge on any atom is -0.457 e. The molecule has 0 aliphatic heterocycles. The summed E-state index contributed by atoms with van der Waals surface area (Å²) in [6, 6.07) is 9.16. The Bertz CT molecular complexity index is 1490. The van der Waals surface area contributed by atoms with Crippen LogP contribution >= 0.6 is 0 Å². The lowest BCUT2D eigenvalue weighted by molar-refractivity contribution is -0.148. The van der Waals surface area contributed by atoms with Gasteiger partial charge in [0.2, 0.25) is 0 Å². The fraction of sp³-hybridized carbons (Fsp3) is 0.689. The molecule has 62 heavy (non-hydrogen) atoms. The van der Waals surface area contributed by atoms with Crippen LogP contribution in [0.3, 0.4) is 0 Å². The molecule has 5 N–H and O–H groups in total. The van der Waals surface area contributed by atoms with Crippen LogP contribution in [0.1, 0.15) is 80.7 Å². The highest BCUT2D eigenvalue weighted by molar-refractivity contribution is 5.87. The van der Waals surface area contributed by atoms with Crippen molar-refractivity contribution in [3.05, 3.63) is 35.9 Å². The van der Waals surface area contributed by atoms with Gasteiger partial charge in [0.25, 0.3) is 0 Å². The molecule has 0 bridgehead atoms. The molecule has 0 aliphatic carbocycles. The molecule has 17 heteroatoms. The zero-order valence-corrected chi connectivity index (χ0v) is 38.4. The van der Waals surface area contributed by atoms with Gasteiger partial charge in [0.1, 0.15) is 35.9 Å². The lowest BCUT2D eigenvalue weighted by Gasteiger charge is -2.34. The number of esters is 1. The zero-order valence-electron chi connectivity index (χ0n) is 38.4. The fourth-order valence-electron chi connectivity index (χ4n) is 5.17. The van der Waals surface area contributed by atoms with Crippen LogP contribution in [0.5, 0.6) is 11.5 Å². The number of rotatable bonds is 35. The Balaban J connectivity index is 2.58. The lowest BCUT2D eigenvalue weighted by atomic mass is 9.92. The number of alkyl carbamates (subject to hydrolysis) is 1. The number of nitrogens with two attached hydrogens (primary N) is 2. The maximum absolute atomic E-state index is 12.5. The van der Waals surface area contributed by atoms with Gasteiger partial charge >= 0.3 is 12.1 Å². The van der Waals surface area contributed by atoms with Crippen LogP contribution in [0.4, 0.5) is 4.79 Å². The van der Waals surface area contributed by atoms with Crippen molar-refractivity contribution in [1.82, 2.24) is 5.32 Å². The highest BCUT2D eigenvalue weighted by Crippen LogP contribution is 2.24. The van der Waals surface area contributed by atoms with Crippen LogP contribution in [-0.4, -0.2) is 128 Å². The molecule has 1 aromatic carbocycles. The van der Waals surface area contributed by atoms with Crippen molar-refractivity contribution in [2.24, 2.45) is 16.9 Å². The third-order valence-electron chi connectivity index (χ3n) is 8.29. The average molecular weight is 880 g/mol. The number of benzene rings is 1. The molecule has 0 spiro atoms. The summed E-state index contributed by atoms with van der Waals surface area (Å²) in [4.78, 5) is 24.3. The van der Waals surface area contributed by atoms with E-state index in [0.717, 1.165) is 12.8 Å². The van der Waals surface area contributed by atoms with Crippen molar-refractivity contribution in [3.8, 4) is 35.8 Å². The topological polar surface area (TPSA) is 209 Å². The third-order valence-corrected chi connectivity index (χ3v) is 8.29. The molecule has 6 atom stereocenters. The third kappa shape index (κ3) is 26.9. The molecule has 1 aromatic rings. The van der Waals surface area contributed by atoms with Gasteiger partial charge in [0, 0.05) is 43.5 Å². The van der Waals surface area contributed by atoms with Crippen molar-refractivity contribution < 1.29 is 66.4 Å². The van der Waals surface area contributed by atoms with E-state index in [1.165, 1.54) is 0 Å². The second-order valence-electron chi connectivity index (χ2n) is 15.3. The summed E-state index contributed by atoms with van der Waals surface area (Å²) in [5.74, 6) is 0.236. The SMILES string of the molecule is C=C(C)C(=O)OC(C)COC(C)COC(C)COCC(COCCC)(COCCC)COCC(C)OCC(C)OCC(C)OC(=O)NCc1cc(OC#CN)cc(OC#CN)c1. The van der Waals surface area contributed by atoms with Gasteiger partial charge in [-0.1, -0.05) is 20.4 Å². The average Bonchev–Trinajstić information content (AvgIpc) is 3.24. The molecule has 0 saturated carbocycles. The molecule has 1 rings (SSSR count). The Morgan fingerprint density at radius 1 is 0.629 bits per heavy atom. The molecule has 17 nitrogen and oxygen atoms in total. The van der Waals surface area contributed by atoms with Gasteiger partial charge in [-0.2, -0.15) is 0 Å². The van der Waals surface area contributed by atoms with Crippen LogP contribution in [0.25, 0.3) is 0 Å². The summed E-state index contributed by atoms with van der Waals surface area (Å²) in [6.07, 6.45) is 3.80. The number of nitrogens with one attached hydrogen (secondary N) is 1. The summed E-state index contributed by atoms with van der Waals surface area (Å²) in [7, 11) is 0. The van der Waals surface area contributed by atoms with Crippen molar-refractivity contribution in [1.29, 1.82) is 0 Å². The van der Waals surface area contributed by atoms with Gasteiger partial charge in [0.15, 0.2) is 0 Å². The number of ether oxygens (including phenoxy) is 12. The number of carbonyl (C=O) groups is 2. The highest BCUT2D eigenvalue weighted by Gasteiger charge is 2.33. The van der Waals surface area contributed by atoms with Crippen LogP contribution in [0.2, 0.25) is 0 Å². The Kier molecular flexibility index (Phi) is 29.9. The molecule has 1 amide bonds. The first-order valence-corrected chi connectivity index (χ1v) is 21.1. The van der Waals surface area contributed by atoms with Gasteiger partial charge in [-0.3, -0.25) is 0 Å². The van der Waals surface area contributed by atoms with Crippen LogP contribution in [-0.2, 0) is 58.7 Å². The standard InChI is InChI=1S/C45H73N3O14/c1-11-15-51-29-45(30-52-16-12-2,31-53-23-34(5)57-25-36(7)59-27-38(9)61-43(49)33(3)4)32-54-24-35(6)58-26-37(8)60-28-39(10)62-44(50)48-22-40-19-41(55-17-13-46)21-42(20-40)56-18-14-47/h19-21,34-39H,3,11-12,15-16,22-32,46-47H2,1-2,4-10H3,(H,48,50). The van der Waals surface area contributed by atoms with Gasteiger partial charge < -0.3 is 73.6 Å². The largest absolute Gasteiger partial charge is 0.457 e. The second-order valence-corrected chi connectivity index (χ2v) is 15.3. The van der Waals surface area contributed by atoms with E-state index in [4.69, 9.17) is 68.3 Å². The maximum Gasteiger partial charge on any atom is 0.407 e. The monoisotopic (exact) mass is 880 g/mol. The van der Waals surface area contributed by atoms with Crippen LogP contribution < -0.4 is 26.3 Å². The zero-order chi connectivity index (χ0) is 46.2. The Labute approximate surface area is 369 Å². The van der Waals surface area contributed by atoms with Gasteiger partial charge in [-0.25, -0.2) is 9.59 Å². The van der Waals surface area contributed by atoms with E-state index < -0.39 is 29.7 Å². The van der Waals surface area contributed by atoms with Crippen LogP contribution in [0, 0.1) is 29.7 Å². The lowest BCUT2D eigenvalue weighted by Crippen LogP contribution is -2.43. The first-order valence-electron chi connectivity index (χ1n) is 21.1. The summed E-state index contributed by atoms with van der Waals surface area (Å²) in [5, 5.41) is 2.69. The molecular weight excluding hydrogens is 807 g/mol. The summed E-state index contributed by atoms with van der Waals surface area (Å²) in [5.41, 5.74) is 10.8. The fourth-order valence-corrected chi connectivity index (χ4v) is 5.17. The Morgan fingerprint density at radius 2 is 1.03 bits per heavy atom. The summed E-state index contributed by atoms with van der Waals surface area (Å²) >= 11 is 0. The molecule has 352 valence electrons. The van der Waals surface area contributed by atoms with E-state index in [0.29, 0.717) is 88.7 Å². The van der Waals surface area contributed by atoms with Gasteiger partial charge in [-0.15, -0.1) is 0 Å². The molecule has 0 aliphatic rings. The van der Waals surface area contributed by atoms with Crippen molar-refractivity contribution in [2.45, 2.75) is 118 Å². The predicted octanol–water partition coefficient (Wildman–Crippen LogP) is 4.81. The molecule has 0 radical (unpaired) electrons. The molecule has 6 unspecified atom stereocenters. The van der Waals surface area contributed by atoms with E-state index >= 15 is 0 Å². The normalized spacial score (nSPS) is 14.1. The second kappa shape index (κ2) is 33.3. The van der Waals surface area contributed by atoms with E-state index in [1.807, 2.05) is 27.7 Å². The van der Waals surface area contributed by atoms with Gasteiger partial charge in [0.05, 0.1) is 95.9 Å². The van der Waals surface area contributed by atoms with E-state index in [1.54, 1.807) is 39.0 Å². The molecular formula is C45H73N3O14. The smallest absolute Gasteiger partial charge is 0.407 e. The minimum absolute atomic E-state index is 0.104. The summed E-state index contributed by atoms with van der Waals surface area (Å²) in [6.45, 7) is 24.9. The molecule has 0 saturated heterocycles. The highest BCUT2D eigenvalue weighted by atomic mass is 16.6. The number of amides is 1. The van der Waals surface area contributed by atoms with E-state index in [-0.39, 0.29) is 44.2 Å². The number of hydrogen-bond donors (Lipinski definition) is 3. The number of carbonyl (C=O) groups excluding carboxylic acids is 2. The number of hydrogen-bond acceptors (Lipinski definition) is 16. The predicted molar refractivity (Wildman–Crippen MR) is 233 cm³/mol. The van der Waals surface area contributed by atoms with Crippen molar-refractivity contribution >= 4 is 12.1 Å². The first kappa shape index (κ1) is 55.7. The Morgan fingerprint density at radius 3 is 1.45 bits per heavy atom. The van der Waals surface area contributed by atoms with Crippen LogP contribution in [0.15, 0.2) is 30.4 Å². The van der Waals surface area contributed by atoms with E-state index in [9.17, 15) is 9.59 Å². The van der Waals surface area contributed by atoms with Crippen molar-refractivity contribution in [2.75, 3.05) is 79.3 Å². The maximum atomic E-state index is 12.5. The quantitative estimate of drug-likeness (QED) is 0.0275. The summed E-state index contributed by atoms with van der Waals surface area (Å²) < 4.78 is 69.4. The first-order chi connectivity index (χ1) is 29.6. The van der Waals surface area contributed by atoms with Gasteiger partial charge in [-0.05, 0) is 79.0 Å². The molecule has 0 heterocycles. The minimum atomic E-state index is -0.638. The molecule has 0 aromatic heterocycles. The molecule has 0 fully saturated rings.